The summed E-state index contributed by atoms with van der Waals surface area (Å²) in [6.07, 6.45) is 4.21. The summed E-state index contributed by atoms with van der Waals surface area (Å²) < 4.78 is 5.57. The van der Waals surface area contributed by atoms with Gasteiger partial charge in [0, 0.05) is 16.9 Å². The third-order valence-electron chi connectivity index (χ3n) is 2.95. The van der Waals surface area contributed by atoms with Crippen molar-refractivity contribution in [3.05, 3.63) is 29.8 Å². The Morgan fingerprint density at radius 2 is 2.00 bits per heavy atom. The van der Waals surface area contributed by atoms with Crippen LogP contribution in [0.25, 0.3) is 0 Å². The molecule has 0 aliphatic heterocycles. The van der Waals surface area contributed by atoms with E-state index in [2.05, 4.69) is 35.1 Å². The molecule has 112 valence electrons. The standard InChI is InChI=1S/C16H24BrNO2/c1-3-4-12-20-15-9-7-14(8-10-15)16(19)18-11-5-6-13(2)17/h7-10,13H,3-6,11-12H2,1-2H3,(H,18,19). The number of nitrogens with one attached hydrogen (secondary N) is 1. The van der Waals surface area contributed by atoms with Crippen LogP contribution in [-0.4, -0.2) is 23.9 Å². The molecular weight excluding hydrogens is 318 g/mol. The van der Waals surface area contributed by atoms with Crippen LogP contribution < -0.4 is 10.1 Å². The quantitative estimate of drug-likeness (QED) is 0.541. The summed E-state index contributed by atoms with van der Waals surface area (Å²) in [7, 11) is 0. The number of hydrogen-bond acceptors (Lipinski definition) is 2. The molecule has 0 saturated heterocycles. The fourth-order valence-corrected chi connectivity index (χ4v) is 2.05. The summed E-state index contributed by atoms with van der Waals surface area (Å²) in [6, 6.07) is 7.32. The van der Waals surface area contributed by atoms with Crippen molar-refractivity contribution in [2.75, 3.05) is 13.2 Å². The van der Waals surface area contributed by atoms with Crippen molar-refractivity contribution in [2.45, 2.75) is 44.4 Å². The van der Waals surface area contributed by atoms with Crippen molar-refractivity contribution in [1.29, 1.82) is 0 Å². The molecule has 0 spiro atoms. The van der Waals surface area contributed by atoms with Crippen LogP contribution >= 0.6 is 15.9 Å². The second-order valence-electron chi connectivity index (χ2n) is 4.91. The molecule has 0 aromatic heterocycles. The van der Waals surface area contributed by atoms with Crippen molar-refractivity contribution in [3.63, 3.8) is 0 Å². The van der Waals surface area contributed by atoms with Crippen molar-refractivity contribution >= 4 is 21.8 Å². The van der Waals surface area contributed by atoms with Crippen molar-refractivity contribution < 1.29 is 9.53 Å². The highest BCUT2D eigenvalue weighted by Gasteiger charge is 2.05. The minimum atomic E-state index is -0.0210. The van der Waals surface area contributed by atoms with Crippen LogP contribution in [0.4, 0.5) is 0 Å². The van der Waals surface area contributed by atoms with Gasteiger partial charge in [-0.25, -0.2) is 0 Å². The Morgan fingerprint density at radius 3 is 2.60 bits per heavy atom. The number of benzene rings is 1. The predicted molar refractivity (Wildman–Crippen MR) is 86.8 cm³/mol. The third-order valence-corrected chi connectivity index (χ3v) is 3.41. The van der Waals surface area contributed by atoms with E-state index in [1.807, 2.05) is 24.3 Å². The normalized spacial score (nSPS) is 11.9. The molecular formula is C16H24BrNO2. The van der Waals surface area contributed by atoms with Gasteiger partial charge in [-0.15, -0.1) is 0 Å². The molecule has 0 saturated carbocycles. The Labute approximate surface area is 130 Å². The van der Waals surface area contributed by atoms with E-state index in [4.69, 9.17) is 4.74 Å². The summed E-state index contributed by atoms with van der Waals surface area (Å²) in [5, 5.41) is 2.93. The molecule has 0 radical (unpaired) electrons. The summed E-state index contributed by atoms with van der Waals surface area (Å²) in [6.45, 7) is 5.68. The first-order valence-electron chi connectivity index (χ1n) is 7.28. The molecule has 0 heterocycles. The lowest BCUT2D eigenvalue weighted by Crippen LogP contribution is -2.24. The van der Waals surface area contributed by atoms with E-state index in [-0.39, 0.29) is 5.91 Å². The monoisotopic (exact) mass is 341 g/mol. The number of ether oxygens (including phenoxy) is 1. The lowest BCUT2D eigenvalue weighted by atomic mass is 10.2. The minimum absolute atomic E-state index is 0.0210. The zero-order chi connectivity index (χ0) is 14.8. The van der Waals surface area contributed by atoms with Gasteiger partial charge < -0.3 is 10.1 Å². The molecule has 4 heteroatoms. The van der Waals surface area contributed by atoms with E-state index in [1.54, 1.807) is 0 Å². The van der Waals surface area contributed by atoms with Crippen molar-refractivity contribution in [2.24, 2.45) is 0 Å². The first-order valence-corrected chi connectivity index (χ1v) is 8.20. The van der Waals surface area contributed by atoms with Crippen LogP contribution in [0.5, 0.6) is 5.75 Å². The average molecular weight is 342 g/mol. The summed E-state index contributed by atoms with van der Waals surface area (Å²) in [5.74, 6) is 0.801. The number of alkyl halides is 1. The molecule has 1 unspecified atom stereocenters. The van der Waals surface area contributed by atoms with E-state index in [9.17, 15) is 4.79 Å². The number of carbonyl (C=O) groups is 1. The minimum Gasteiger partial charge on any atom is -0.494 e. The number of halogens is 1. The van der Waals surface area contributed by atoms with Crippen LogP contribution in [-0.2, 0) is 0 Å². The Balaban J connectivity index is 2.33. The van der Waals surface area contributed by atoms with Crippen LogP contribution in [0.15, 0.2) is 24.3 Å². The number of amides is 1. The molecule has 1 aromatic rings. The highest BCUT2D eigenvalue weighted by atomic mass is 79.9. The molecule has 1 atom stereocenters. The maximum Gasteiger partial charge on any atom is 0.251 e. The van der Waals surface area contributed by atoms with Gasteiger partial charge in [0.1, 0.15) is 5.75 Å². The highest BCUT2D eigenvalue weighted by Crippen LogP contribution is 2.13. The van der Waals surface area contributed by atoms with Gasteiger partial charge in [0.05, 0.1) is 6.61 Å². The predicted octanol–water partition coefficient (Wildman–Crippen LogP) is 4.16. The summed E-state index contributed by atoms with van der Waals surface area (Å²) in [4.78, 5) is 12.4. The van der Waals surface area contributed by atoms with Gasteiger partial charge in [-0.2, -0.15) is 0 Å². The van der Waals surface area contributed by atoms with Gasteiger partial charge in [-0.3, -0.25) is 4.79 Å². The molecule has 0 fully saturated rings. The van der Waals surface area contributed by atoms with Gasteiger partial charge in [0.2, 0.25) is 0 Å². The van der Waals surface area contributed by atoms with Crippen LogP contribution in [0.1, 0.15) is 49.9 Å². The maximum absolute atomic E-state index is 11.9. The fourth-order valence-electron chi connectivity index (χ4n) is 1.72. The molecule has 0 aliphatic carbocycles. The Hall–Kier alpha value is -1.03. The number of rotatable bonds is 9. The second kappa shape index (κ2) is 9.81. The van der Waals surface area contributed by atoms with Gasteiger partial charge in [-0.1, -0.05) is 36.2 Å². The van der Waals surface area contributed by atoms with Crippen LogP contribution in [0, 0.1) is 0 Å². The van der Waals surface area contributed by atoms with E-state index in [0.717, 1.165) is 38.0 Å². The Bertz CT molecular complexity index is 390. The largest absolute Gasteiger partial charge is 0.494 e. The lowest BCUT2D eigenvalue weighted by Gasteiger charge is -2.08. The lowest BCUT2D eigenvalue weighted by molar-refractivity contribution is 0.0953. The van der Waals surface area contributed by atoms with Crippen molar-refractivity contribution in [3.8, 4) is 5.75 Å². The van der Waals surface area contributed by atoms with Crippen LogP contribution in [0.3, 0.4) is 0 Å². The van der Waals surface area contributed by atoms with Gasteiger partial charge >= 0.3 is 0 Å². The molecule has 3 nitrogen and oxygen atoms in total. The second-order valence-corrected chi connectivity index (χ2v) is 6.47. The SMILES string of the molecule is CCCCOc1ccc(C(=O)NCCCC(C)Br)cc1. The molecule has 1 rings (SSSR count). The topological polar surface area (TPSA) is 38.3 Å². The molecule has 20 heavy (non-hydrogen) atoms. The molecule has 0 bridgehead atoms. The number of carbonyl (C=O) groups excluding carboxylic acids is 1. The third kappa shape index (κ3) is 6.94. The molecule has 1 amide bonds. The fraction of sp³-hybridized carbons (Fsp3) is 0.562. The summed E-state index contributed by atoms with van der Waals surface area (Å²) in [5.41, 5.74) is 0.680. The zero-order valence-electron chi connectivity index (χ0n) is 12.3. The molecule has 1 N–H and O–H groups in total. The first-order chi connectivity index (χ1) is 9.63. The van der Waals surface area contributed by atoms with E-state index >= 15 is 0 Å². The number of unbranched alkanes of at least 4 members (excludes halogenated alkanes) is 1. The zero-order valence-corrected chi connectivity index (χ0v) is 13.9. The van der Waals surface area contributed by atoms with E-state index in [1.165, 1.54) is 0 Å². The number of hydrogen-bond donors (Lipinski definition) is 1. The van der Waals surface area contributed by atoms with Crippen molar-refractivity contribution in [1.82, 2.24) is 5.32 Å². The average Bonchev–Trinajstić information content (AvgIpc) is 2.44. The van der Waals surface area contributed by atoms with E-state index in [0.29, 0.717) is 16.9 Å². The maximum atomic E-state index is 11.9. The molecule has 0 aliphatic rings. The summed E-state index contributed by atoms with van der Waals surface area (Å²) >= 11 is 3.49. The first kappa shape index (κ1) is 17.0. The van der Waals surface area contributed by atoms with E-state index < -0.39 is 0 Å². The van der Waals surface area contributed by atoms with Gasteiger partial charge in [-0.05, 0) is 43.5 Å². The Kier molecular flexibility index (Phi) is 8.35. The molecule has 1 aromatic carbocycles. The van der Waals surface area contributed by atoms with Gasteiger partial charge in [0.15, 0.2) is 0 Å². The smallest absolute Gasteiger partial charge is 0.251 e. The van der Waals surface area contributed by atoms with Gasteiger partial charge in [0.25, 0.3) is 5.91 Å². The highest BCUT2D eigenvalue weighted by molar-refractivity contribution is 9.09. The van der Waals surface area contributed by atoms with Crippen LogP contribution in [0.2, 0.25) is 0 Å². The Morgan fingerprint density at radius 1 is 1.30 bits per heavy atom.